The van der Waals surface area contributed by atoms with Gasteiger partial charge in [0.1, 0.15) is 0 Å². The average molecular weight is 672 g/mol. The van der Waals surface area contributed by atoms with Gasteiger partial charge < -0.3 is 9.47 Å². The summed E-state index contributed by atoms with van der Waals surface area (Å²) in [6.45, 7) is 5.48. The van der Waals surface area contributed by atoms with Crippen molar-refractivity contribution in [1.29, 1.82) is 0 Å². The van der Waals surface area contributed by atoms with E-state index in [-0.39, 0.29) is 33.1 Å². The molecule has 0 aliphatic carbocycles. The van der Waals surface area contributed by atoms with Gasteiger partial charge in [-0.2, -0.15) is 0 Å². The van der Waals surface area contributed by atoms with Crippen LogP contribution < -0.4 is 0 Å². The van der Waals surface area contributed by atoms with Crippen LogP contribution in [-0.2, 0) is 27.9 Å². The van der Waals surface area contributed by atoms with Crippen molar-refractivity contribution in [2.24, 2.45) is 0 Å². The summed E-state index contributed by atoms with van der Waals surface area (Å²) in [7, 11) is 0. The zero-order chi connectivity index (χ0) is 29.6. The second-order valence-corrected chi connectivity index (χ2v) is 14.2. The summed E-state index contributed by atoms with van der Waals surface area (Å²) >= 11 is -0.258. The molecule has 41 heavy (non-hydrogen) atoms. The van der Waals surface area contributed by atoms with Gasteiger partial charge >= 0.3 is 114 Å². The zero-order valence-corrected chi connectivity index (χ0v) is 28.9. The predicted octanol–water partition coefficient (Wildman–Crippen LogP) is 9.45. The Balaban J connectivity index is 0.000000468. The summed E-state index contributed by atoms with van der Waals surface area (Å²) in [6, 6.07) is 21.7. The van der Waals surface area contributed by atoms with E-state index >= 15 is 0 Å². The van der Waals surface area contributed by atoms with E-state index in [0.29, 0.717) is 38.9 Å². The first-order chi connectivity index (χ1) is 20.2. The number of rotatable bonds is 23. The van der Waals surface area contributed by atoms with Crippen molar-refractivity contribution < 1.29 is 19.1 Å². The molecule has 0 spiro atoms. The number of ether oxygens (including phenoxy) is 2. The minimum absolute atomic E-state index is 0.140. The molecule has 0 N–H and O–H groups in total. The number of hydrogen-bond donors (Lipinski definition) is 0. The quantitative estimate of drug-likeness (QED) is 0.0671. The van der Waals surface area contributed by atoms with E-state index in [2.05, 4.69) is 74.5 Å². The summed E-state index contributed by atoms with van der Waals surface area (Å²) in [5, 5.41) is 0. The third-order valence-corrected chi connectivity index (χ3v) is 10.6. The van der Waals surface area contributed by atoms with E-state index in [4.69, 9.17) is 9.47 Å². The molecule has 0 saturated heterocycles. The molecule has 0 bridgehead atoms. The summed E-state index contributed by atoms with van der Waals surface area (Å²) in [6.07, 6.45) is 16.5. The molecule has 5 heteroatoms. The fraction of sp³-hybridized carbons (Fsp3) is 0.611. The molecule has 0 atom stereocenters. The molecular formula is C36H56O4Sn. The van der Waals surface area contributed by atoms with Crippen molar-refractivity contribution in [3.8, 4) is 0 Å². The van der Waals surface area contributed by atoms with Crippen LogP contribution in [0, 0.1) is 0 Å². The fourth-order valence-electron chi connectivity index (χ4n) is 4.36. The minimum atomic E-state index is -0.258. The first kappa shape index (κ1) is 37.2. The molecule has 0 aromatic heterocycles. The third kappa shape index (κ3) is 24.5. The molecule has 2 aromatic rings. The van der Waals surface area contributed by atoms with Gasteiger partial charge in [-0.25, -0.2) is 0 Å². The van der Waals surface area contributed by atoms with Gasteiger partial charge in [-0.3, -0.25) is 9.59 Å². The molecule has 2 aromatic carbocycles. The van der Waals surface area contributed by atoms with Gasteiger partial charge in [0.05, 0.1) is 13.2 Å². The van der Waals surface area contributed by atoms with Crippen LogP contribution in [0.3, 0.4) is 0 Å². The van der Waals surface area contributed by atoms with Gasteiger partial charge in [-0.15, -0.1) is 0 Å². The maximum absolute atomic E-state index is 11.6. The molecule has 2 radical (unpaired) electrons. The number of unbranched alkanes of at least 4 members (excludes halogenated alkanes) is 11. The van der Waals surface area contributed by atoms with Gasteiger partial charge in [0.25, 0.3) is 0 Å². The van der Waals surface area contributed by atoms with Crippen LogP contribution in [0.2, 0.25) is 0 Å². The molecule has 0 amide bonds. The normalized spacial score (nSPS) is 10.5. The number of carbonyl (C=O) groups excluding carboxylic acids is 2. The maximum atomic E-state index is 11.6. The Morgan fingerprint density at radius 1 is 0.512 bits per heavy atom. The van der Waals surface area contributed by atoms with Gasteiger partial charge in [0.2, 0.25) is 0 Å². The van der Waals surface area contributed by atoms with Crippen molar-refractivity contribution in [1.82, 2.24) is 0 Å². The van der Waals surface area contributed by atoms with Gasteiger partial charge in [-0.1, -0.05) is 78.1 Å². The molecule has 0 saturated carbocycles. The molecule has 0 aliphatic rings. The summed E-state index contributed by atoms with van der Waals surface area (Å²) in [4.78, 5) is 23.2. The van der Waals surface area contributed by atoms with Gasteiger partial charge in [0, 0.05) is 12.8 Å². The van der Waals surface area contributed by atoms with E-state index in [0.717, 1.165) is 25.7 Å². The van der Waals surface area contributed by atoms with E-state index < -0.39 is 0 Å². The molecule has 228 valence electrons. The first-order valence-corrected chi connectivity index (χ1v) is 20.3. The topological polar surface area (TPSA) is 52.6 Å². The van der Waals surface area contributed by atoms with Crippen LogP contribution in [0.5, 0.6) is 0 Å². The number of esters is 2. The Labute approximate surface area is 261 Å². The van der Waals surface area contributed by atoms with E-state index in [1.165, 1.54) is 71.4 Å². The Hall–Kier alpha value is -1.82. The Kier molecular flexibility index (Phi) is 25.7. The molecule has 0 heterocycles. The van der Waals surface area contributed by atoms with Crippen LogP contribution in [0.15, 0.2) is 60.7 Å². The summed E-state index contributed by atoms with van der Waals surface area (Å²) < 4.78 is 13.1. The van der Waals surface area contributed by atoms with Crippen LogP contribution in [-0.4, -0.2) is 46.3 Å². The summed E-state index contributed by atoms with van der Waals surface area (Å²) in [5.74, 6) is -0.280. The number of hydrogen-bond acceptors (Lipinski definition) is 4. The van der Waals surface area contributed by atoms with E-state index in [1.54, 1.807) is 0 Å². The average Bonchev–Trinajstić information content (AvgIpc) is 3.00. The van der Waals surface area contributed by atoms with Crippen LogP contribution in [0.25, 0.3) is 0 Å². The van der Waals surface area contributed by atoms with Crippen molar-refractivity contribution in [2.45, 2.75) is 125 Å². The molecule has 4 nitrogen and oxygen atoms in total. The van der Waals surface area contributed by atoms with Crippen molar-refractivity contribution in [3.63, 3.8) is 0 Å². The van der Waals surface area contributed by atoms with Crippen molar-refractivity contribution in [2.75, 3.05) is 13.2 Å². The predicted molar refractivity (Wildman–Crippen MR) is 173 cm³/mol. The molecule has 0 aliphatic heterocycles. The Morgan fingerprint density at radius 2 is 0.878 bits per heavy atom. The monoisotopic (exact) mass is 672 g/mol. The van der Waals surface area contributed by atoms with Gasteiger partial charge in [-0.05, 0) is 25.7 Å². The molecule has 0 unspecified atom stereocenters. The van der Waals surface area contributed by atoms with Crippen molar-refractivity contribution in [3.05, 3.63) is 71.8 Å². The van der Waals surface area contributed by atoms with Crippen molar-refractivity contribution >= 4 is 33.1 Å². The molecular weight excluding hydrogens is 615 g/mol. The van der Waals surface area contributed by atoms with Crippen LogP contribution >= 0.6 is 0 Å². The van der Waals surface area contributed by atoms with E-state index in [9.17, 15) is 9.59 Å². The van der Waals surface area contributed by atoms with Crippen LogP contribution in [0.4, 0.5) is 0 Å². The molecule has 2 rings (SSSR count). The second-order valence-electron chi connectivity index (χ2n) is 10.8. The standard InChI is InChI=1S/C22H42O4.2C7H7.Sn/c1-3-5-7-9-11-15-19-25-21(23)17-13-14-18-22(24)26-20-16-12-10-8-6-4-2;2*1-7-5-3-2-4-6-7;/h3-20H2,1-2H3;2*2-6H,1H2;. The fourth-order valence-corrected chi connectivity index (χ4v) is 7.71. The Morgan fingerprint density at radius 3 is 1.27 bits per heavy atom. The number of benzene rings is 2. The number of carbonyl (C=O) groups is 2. The zero-order valence-electron chi connectivity index (χ0n) is 26.0. The Bertz CT molecular complexity index is 785. The van der Waals surface area contributed by atoms with E-state index in [1.807, 2.05) is 0 Å². The third-order valence-electron chi connectivity index (χ3n) is 6.88. The SMILES string of the molecule is CCCCCCCCOC(=O)CCCCC(=O)OCCCCCCCC.c1ccc([CH2][Sn][CH2]c2ccccc2)cc1. The molecule has 0 fully saturated rings. The second kappa shape index (κ2) is 28.3. The van der Waals surface area contributed by atoms with Gasteiger partial charge in [0.15, 0.2) is 0 Å². The first-order valence-electron chi connectivity index (χ1n) is 16.3. The summed E-state index contributed by atoms with van der Waals surface area (Å²) in [5.41, 5.74) is 3.03. The van der Waals surface area contributed by atoms with Crippen LogP contribution in [0.1, 0.15) is 128 Å².